The van der Waals surface area contributed by atoms with E-state index in [1.807, 2.05) is 36.4 Å². The van der Waals surface area contributed by atoms with Crippen LogP contribution in [0.25, 0.3) is 11.6 Å². The maximum Gasteiger partial charge on any atom is 0.122 e. The summed E-state index contributed by atoms with van der Waals surface area (Å²) in [7, 11) is 1.59. The zero-order valence-electron chi connectivity index (χ0n) is 18.1. The van der Waals surface area contributed by atoms with Crippen molar-refractivity contribution < 1.29 is 20.1 Å². The third kappa shape index (κ3) is 5.84. The molecule has 0 aliphatic carbocycles. The number of rotatable bonds is 10. The first-order valence-corrected chi connectivity index (χ1v) is 10.6. The lowest BCUT2D eigenvalue weighted by Crippen LogP contribution is -2.25. The van der Waals surface area contributed by atoms with Crippen LogP contribution in [0, 0.1) is 5.92 Å². The number of phenols is 1. The molecule has 0 saturated carbocycles. The van der Waals surface area contributed by atoms with Crippen molar-refractivity contribution in [2.24, 2.45) is 5.92 Å². The lowest BCUT2D eigenvalue weighted by Gasteiger charge is -2.25. The second-order valence-electron chi connectivity index (χ2n) is 7.58. The summed E-state index contributed by atoms with van der Waals surface area (Å²) < 4.78 is 5.17. The molecule has 0 radical (unpaired) electrons. The van der Waals surface area contributed by atoms with Crippen LogP contribution in [0.15, 0.2) is 85.6 Å². The van der Waals surface area contributed by atoms with Gasteiger partial charge in [0, 0.05) is 17.7 Å². The minimum Gasteiger partial charge on any atom is -0.507 e. The highest BCUT2D eigenvalue weighted by atomic mass is 16.5. The Kier molecular flexibility index (Phi) is 8.20. The molecule has 0 amide bonds. The summed E-state index contributed by atoms with van der Waals surface area (Å²) in [6.45, 7) is 3.82. The first kappa shape index (κ1) is 23.3. The molecule has 3 rings (SSSR count). The zero-order chi connectivity index (χ0) is 22.9. The second-order valence-corrected chi connectivity index (χ2v) is 7.58. The van der Waals surface area contributed by atoms with Crippen molar-refractivity contribution in [3.63, 3.8) is 0 Å². The van der Waals surface area contributed by atoms with Crippen LogP contribution in [0.5, 0.6) is 11.5 Å². The number of aliphatic hydroxyl groups excluding tert-OH is 2. The molecule has 0 saturated heterocycles. The first-order valence-electron chi connectivity index (χ1n) is 10.6. The molecule has 0 unspecified atom stereocenters. The maximum atomic E-state index is 10.9. The van der Waals surface area contributed by atoms with Crippen molar-refractivity contribution in [2.45, 2.75) is 25.0 Å². The highest BCUT2D eigenvalue weighted by Crippen LogP contribution is 2.32. The smallest absolute Gasteiger partial charge is 0.122 e. The van der Waals surface area contributed by atoms with Crippen LogP contribution < -0.4 is 4.74 Å². The van der Waals surface area contributed by atoms with Crippen LogP contribution in [0.4, 0.5) is 0 Å². The molecule has 32 heavy (non-hydrogen) atoms. The van der Waals surface area contributed by atoms with Gasteiger partial charge in [0.05, 0.1) is 25.0 Å². The van der Waals surface area contributed by atoms with Crippen molar-refractivity contribution in [3.05, 3.63) is 102 Å². The summed E-state index contributed by atoms with van der Waals surface area (Å²) >= 11 is 0. The van der Waals surface area contributed by atoms with Gasteiger partial charge in [0.1, 0.15) is 11.5 Å². The third-order valence-electron chi connectivity index (χ3n) is 5.51. The summed E-state index contributed by atoms with van der Waals surface area (Å²) in [4.78, 5) is 4.43. The first-order chi connectivity index (χ1) is 15.5. The second kappa shape index (κ2) is 11.3. The Labute approximate surface area is 189 Å². The molecule has 0 aliphatic heterocycles. The molecule has 2 aromatic carbocycles. The number of aromatic nitrogens is 1. The molecule has 0 spiro atoms. The van der Waals surface area contributed by atoms with Crippen LogP contribution in [-0.2, 0) is 0 Å². The Morgan fingerprint density at radius 2 is 1.75 bits per heavy atom. The molecule has 166 valence electrons. The van der Waals surface area contributed by atoms with E-state index < -0.39 is 18.1 Å². The molecule has 3 N–H and O–H groups in total. The fourth-order valence-electron chi connectivity index (χ4n) is 3.64. The number of nitrogens with zero attached hydrogens (tertiary/aromatic N) is 1. The van der Waals surface area contributed by atoms with Gasteiger partial charge in [-0.15, -0.1) is 6.58 Å². The Hall–Kier alpha value is -3.41. The average molecular weight is 432 g/mol. The summed E-state index contributed by atoms with van der Waals surface area (Å²) in [5.41, 5.74) is 3.02. The summed E-state index contributed by atoms with van der Waals surface area (Å²) in [5.74, 6) is 0.338. The maximum absolute atomic E-state index is 10.9. The number of allylic oxidation sites excluding steroid dienone is 1. The normalized spacial score (nSPS) is 14.4. The van der Waals surface area contributed by atoms with Crippen molar-refractivity contribution in [2.75, 3.05) is 7.11 Å². The van der Waals surface area contributed by atoms with Crippen LogP contribution in [0.1, 0.15) is 35.8 Å². The van der Waals surface area contributed by atoms with Gasteiger partial charge in [0.2, 0.25) is 0 Å². The number of hydrogen-bond donors (Lipinski definition) is 3. The number of phenolic OH excluding ortho intramolecular Hbond substituents is 1. The molecule has 0 aliphatic rings. The average Bonchev–Trinajstić information content (AvgIpc) is 2.83. The van der Waals surface area contributed by atoms with Crippen LogP contribution in [0.3, 0.4) is 0 Å². The van der Waals surface area contributed by atoms with Gasteiger partial charge in [0.15, 0.2) is 0 Å². The molecular formula is C27H29NO4. The molecule has 1 heterocycles. The number of methoxy groups -OCH3 is 1. The van der Waals surface area contributed by atoms with E-state index in [1.165, 1.54) is 0 Å². The van der Waals surface area contributed by atoms with E-state index in [2.05, 4.69) is 11.6 Å². The largest absolute Gasteiger partial charge is 0.507 e. The molecule has 3 aromatic rings. The Bertz CT molecular complexity index is 1030. The molecule has 5 nitrogen and oxygen atoms in total. The van der Waals surface area contributed by atoms with Crippen molar-refractivity contribution in [1.29, 1.82) is 0 Å². The van der Waals surface area contributed by atoms with Gasteiger partial charge in [0.25, 0.3) is 0 Å². The van der Waals surface area contributed by atoms with Gasteiger partial charge in [-0.3, -0.25) is 4.98 Å². The summed E-state index contributed by atoms with van der Waals surface area (Å²) in [6.07, 6.45) is 4.37. The number of aromatic hydroxyl groups is 1. The van der Waals surface area contributed by atoms with E-state index in [0.29, 0.717) is 29.7 Å². The van der Waals surface area contributed by atoms with E-state index >= 15 is 0 Å². The Morgan fingerprint density at radius 1 is 1.03 bits per heavy atom. The lowest BCUT2D eigenvalue weighted by atomic mass is 9.87. The fraction of sp³-hybridized carbons (Fsp3) is 0.222. The summed E-state index contributed by atoms with van der Waals surface area (Å²) in [5, 5.41) is 31.9. The van der Waals surface area contributed by atoms with Gasteiger partial charge in [-0.25, -0.2) is 0 Å². The van der Waals surface area contributed by atoms with E-state index in [9.17, 15) is 15.3 Å². The van der Waals surface area contributed by atoms with Crippen LogP contribution in [-0.4, -0.2) is 33.5 Å². The van der Waals surface area contributed by atoms with Gasteiger partial charge in [-0.05, 0) is 60.4 Å². The fourth-order valence-corrected chi connectivity index (χ4v) is 3.64. The Balaban J connectivity index is 1.78. The zero-order valence-corrected chi connectivity index (χ0v) is 18.1. The molecule has 3 atom stereocenters. The number of benzene rings is 2. The van der Waals surface area contributed by atoms with Crippen molar-refractivity contribution in [1.82, 2.24) is 4.98 Å². The predicted octanol–water partition coefficient (Wildman–Crippen LogP) is 5.01. The Morgan fingerprint density at radius 3 is 2.38 bits per heavy atom. The number of aliphatic hydroxyl groups is 2. The number of ether oxygens (including phenoxy) is 1. The number of para-hydroxylation sites is 1. The van der Waals surface area contributed by atoms with Gasteiger partial charge >= 0.3 is 0 Å². The molecule has 0 fully saturated rings. The molecular weight excluding hydrogens is 402 g/mol. The summed E-state index contributed by atoms with van der Waals surface area (Å²) in [6, 6.07) is 19.8. The predicted molar refractivity (Wildman–Crippen MR) is 127 cm³/mol. The van der Waals surface area contributed by atoms with E-state index in [4.69, 9.17) is 4.74 Å². The topological polar surface area (TPSA) is 82.8 Å². The minimum atomic E-state index is -0.895. The third-order valence-corrected chi connectivity index (χ3v) is 5.51. The highest BCUT2D eigenvalue weighted by molar-refractivity contribution is 5.81. The standard InChI is InChI=1S/C27H29NO4/c1-3-23(27(31)19-11-14-22(32-2)15-12-19)26(30)16-13-20(24-9-6-7-17-28-24)18-21-8-4-5-10-25(21)29/h3-12,14-15,17-18,23,26-27,29-31H,1,13,16H2,2H3/b20-18-/t23-,26-,27-/m1/s1. The van der Waals surface area contributed by atoms with Gasteiger partial charge < -0.3 is 20.1 Å². The lowest BCUT2D eigenvalue weighted by molar-refractivity contribution is 0.0325. The molecule has 5 heteroatoms. The van der Waals surface area contributed by atoms with Gasteiger partial charge in [-0.1, -0.05) is 42.5 Å². The van der Waals surface area contributed by atoms with E-state index in [-0.39, 0.29) is 5.75 Å². The minimum absolute atomic E-state index is 0.181. The molecule has 0 bridgehead atoms. The van der Waals surface area contributed by atoms with Gasteiger partial charge in [-0.2, -0.15) is 0 Å². The monoisotopic (exact) mass is 431 g/mol. The quantitative estimate of drug-likeness (QED) is 0.393. The van der Waals surface area contributed by atoms with Crippen molar-refractivity contribution in [3.8, 4) is 11.5 Å². The van der Waals surface area contributed by atoms with E-state index in [0.717, 1.165) is 11.3 Å². The molecule has 1 aromatic heterocycles. The SMILES string of the molecule is C=C[C@H]([C@H](O)CC/C(=C/c1ccccc1O)c1ccccn1)[C@H](O)c1ccc(OC)cc1. The number of pyridine rings is 1. The highest BCUT2D eigenvalue weighted by Gasteiger charge is 2.26. The van der Waals surface area contributed by atoms with Crippen LogP contribution >= 0.6 is 0 Å². The van der Waals surface area contributed by atoms with Crippen LogP contribution in [0.2, 0.25) is 0 Å². The van der Waals surface area contributed by atoms with Crippen molar-refractivity contribution >= 4 is 11.6 Å². The number of hydrogen-bond acceptors (Lipinski definition) is 5. The van der Waals surface area contributed by atoms with E-state index in [1.54, 1.807) is 55.8 Å².